The number of benzene rings is 2. The molecule has 3 unspecified atom stereocenters. The Hall–Kier alpha value is -2.59. The summed E-state index contributed by atoms with van der Waals surface area (Å²) in [7, 11) is 0. The quantitative estimate of drug-likeness (QED) is 0.516. The van der Waals surface area contributed by atoms with Gasteiger partial charge in [-0.1, -0.05) is 30.3 Å². The summed E-state index contributed by atoms with van der Waals surface area (Å²) in [4.78, 5) is 11.9. The molecule has 2 N–H and O–H groups in total. The number of hydrogen-bond donors (Lipinski definition) is 2. The molecule has 0 saturated carbocycles. The maximum atomic E-state index is 13.6. The summed E-state index contributed by atoms with van der Waals surface area (Å²) in [5.74, 6) is -0.0759. The van der Waals surface area contributed by atoms with E-state index in [-0.39, 0.29) is 24.1 Å². The van der Waals surface area contributed by atoms with Crippen LogP contribution in [-0.4, -0.2) is 24.6 Å². The number of halogens is 6. The second-order valence-corrected chi connectivity index (χ2v) is 9.19. The van der Waals surface area contributed by atoms with Crippen LogP contribution in [0.25, 0.3) is 0 Å². The molecular weight excluding hydrogens is 474 g/mol. The van der Waals surface area contributed by atoms with Gasteiger partial charge in [0, 0.05) is 19.6 Å². The first-order valence-corrected chi connectivity index (χ1v) is 11.4. The highest BCUT2D eigenvalue weighted by Gasteiger charge is 2.51. The van der Waals surface area contributed by atoms with Crippen LogP contribution in [0.5, 0.6) is 0 Å². The van der Waals surface area contributed by atoms with E-state index in [1.54, 1.807) is 37.3 Å². The van der Waals surface area contributed by atoms with E-state index in [1.165, 1.54) is 0 Å². The first-order valence-electron chi connectivity index (χ1n) is 11.4. The van der Waals surface area contributed by atoms with Crippen LogP contribution in [0.4, 0.5) is 26.3 Å². The van der Waals surface area contributed by atoms with Crippen molar-refractivity contribution in [2.24, 2.45) is 0 Å². The molecule has 0 aliphatic carbocycles. The minimum Gasteiger partial charge on any atom is -0.372 e. The van der Waals surface area contributed by atoms with Crippen molar-refractivity contribution in [3.8, 4) is 0 Å². The zero-order chi connectivity index (χ0) is 25.5. The lowest BCUT2D eigenvalue weighted by Gasteiger charge is -2.50. The summed E-state index contributed by atoms with van der Waals surface area (Å²) in [6.07, 6.45) is -9.28. The minimum atomic E-state index is -4.97. The molecule has 2 aromatic rings. The van der Waals surface area contributed by atoms with Gasteiger partial charge in [-0.15, -0.1) is 0 Å². The van der Waals surface area contributed by atoms with Crippen molar-refractivity contribution >= 4 is 5.91 Å². The molecule has 190 valence electrons. The Morgan fingerprint density at radius 2 is 1.57 bits per heavy atom. The van der Waals surface area contributed by atoms with Gasteiger partial charge >= 0.3 is 12.4 Å². The molecule has 0 bridgehead atoms. The van der Waals surface area contributed by atoms with E-state index in [9.17, 15) is 31.1 Å². The molecular formula is C25H26F6N2O2. The van der Waals surface area contributed by atoms with Crippen molar-refractivity contribution in [3.05, 3.63) is 70.8 Å². The summed E-state index contributed by atoms with van der Waals surface area (Å²) >= 11 is 0. The Balaban J connectivity index is 1.85. The first kappa shape index (κ1) is 25.5. The van der Waals surface area contributed by atoms with Crippen molar-refractivity contribution < 1.29 is 35.9 Å². The predicted molar refractivity (Wildman–Crippen MR) is 116 cm³/mol. The average molecular weight is 500 g/mol. The van der Waals surface area contributed by atoms with Gasteiger partial charge in [-0.05, 0) is 55.5 Å². The predicted octanol–water partition coefficient (Wildman–Crippen LogP) is 5.73. The Labute approximate surface area is 199 Å². The first-order chi connectivity index (χ1) is 16.4. The van der Waals surface area contributed by atoms with Crippen LogP contribution >= 0.6 is 0 Å². The van der Waals surface area contributed by atoms with E-state index in [0.29, 0.717) is 37.8 Å². The molecule has 4 rings (SSSR count). The number of rotatable bonds is 5. The van der Waals surface area contributed by atoms with E-state index in [4.69, 9.17) is 4.74 Å². The van der Waals surface area contributed by atoms with E-state index in [1.807, 2.05) is 0 Å². The molecule has 2 fully saturated rings. The smallest absolute Gasteiger partial charge is 0.372 e. The zero-order valence-electron chi connectivity index (χ0n) is 19.0. The highest BCUT2D eigenvalue weighted by Crippen LogP contribution is 2.48. The van der Waals surface area contributed by atoms with Gasteiger partial charge in [-0.3, -0.25) is 4.79 Å². The molecule has 35 heavy (non-hydrogen) atoms. The molecule has 2 saturated heterocycles. The topological polar surface area (TPSA) is 50.4 Å². The van der Waals surface area contributed by atoms with Crippen LogP contribution in [0, 0.1) is 0 Å². The Morgan fingerprint density at radius 1 is 0.943 bits per heavy atom. The number of carbonyl (C=O) groups is 1. The molecule has 3 atom stereocenters. The molecule has 2 aromatic carbocycles. The van der Waals surface area contributed by atoms with Gasteiger partial charge in [0.05, 0.1) is 22.2 Å². The van der Waals surface area contributed by atoms with Crippen LogP contribution in [0.3, 0.4) is 0 Å². The van der Waals surface area contributed by atoms with Gasteiger partial charge in [0.2, 0.25) is 5.91 Å². The fourth-order valence-electron chi connectivity index (χ4n) is 5.21. The van der Waals surface area contributed by atoms with Gasteiger partial charge in [0.15, 0.2) is 0 Å². The highest BCUT2D eigenvalue weighted by molar-refractivity contribution is 5.79. The van der Waals surface area contributed by atoms with Crippen LogP contribution in [0.2, 0.25) is 0 Å². The number of nitrogens with one attached hydrogen (secondary N) is 2. The molecule has 0 radical (unpaired) electrons. The number of piperidine rings is 1. The molecule has 10 heteroatoms. The average Bonchev–Trinajstić information content (AvgIpc) is 3.17. The lowest BCUT2D eigenvalue weighted by Crippen LogP contribution is -2.62. The lowest BCUT2D eigenvalue weighted by atomic mass is 9.71. The number of hydrogen-bond acceptors (Lipinski definition) is 3. The van der Waals surface area contributed by atoms with E-state index < -0.39 is 40.7 Å². The van der Waals surface area contributed by atoms with Gasteiger partial charge in [-0.25, -0.2) is 0 Å². The number of ether oxygens (including phenoxy) is 1. The van der Waals surface area contributed by atoms with Crippen LogP contribution in [-0.2, 0) is 27.4 Å². The van der Waals surface area contributed by atoms with Crippen molar-refractivity contribution in [3.63, 3.8) is 0 Å². The summed E-state index contributed by atoms with van der Waals surface area (Å²) in [6.45, 7) is 2.02. The lowest BCUT2D eigenvalue weighted by molar-refractivity contribution is -0.143. The Bertz CT molecular complexity index is 1030. The monoisotopic (exact) mass is 500 g/mol. The molecule has 2 aliphatic rings. The fourth-order valence-corrected chi connectivity index (χ4v) is 5.21. The van der Waals surface area contributed by atoms with Crippen LogP contribution in [0.1, 0.15) is 61.0 Å². The Kier molecular flexibility index (Phi) is 6.65. The summed E-state index contributed by atoms with van der Waals surface area (Å²) in [5, 5.41) is 6.39. The van der Waals surface area contributed by atoms with E-state index in [2.05, 4.69) is 10.6 Å². The number of alkyl halides is 6. The Morgan fingerprint density at radius 3 is 2.03 bits per heavy atom. The van der Waals surface area contributed by atoms with Crippen LogP contribution < -0.4 is 10.6 Å². The fraction of sp³-hybridized carbons (Fsp3) is 0.480. The molecule has 1 amide bonds. The van der Waals surface area contributed by atoms with Crippen molar-refractivity contribution in [1.29, 1.82) is 0 Å². The van der Waals surface area contributed by atoms with Gasteiger partial charge in [0.1, 0.15) is 6.10 Å². The molecule has 4 nitrogen and oxygen atoms in total. The van der Waals surface area contributed by atoms with Crippen molar-refractivity contribution in [2.75, 3.05) is 13.2 Å². The normalized spacial score (nSPS) is 26.1. The van der Waals surface area contributed by atoms with Gasteiger partial charge in [-0.2, -0.15) is 26.3 Å². The standard InChI is InChI=1S/C25H26F6N2O2/c1-2-35-21(16-12-18(24(26,27)28)14-19(13-16)25(29,30)31)23(17-6-4-3-5-7-17)11-10-22(15-32-23)9-8-20(34)33-22/h3-7,12-14,21,32H,2,8-11,15H2,1H3,(H,33,34). The maximum absolute atomic E-state index is 13.6. The molecule has 2 aliphatic heterocycles. The SMILES string of the molecule is CCOC(c1cc(C(F)(F)F)cc(C(F)(F)F)c1)C1(c2ccccc2)CCC2(CCC(=O)N2)CN1. The molecule has 0 aromatic heterocycles. The molecule has 1 spiro atoms. The maximum Gasteiger partial charge on any atom is 0.416 e. The van der Waals surface area contributed by atoms with E-state index >= 15 is 0 Å². The van der Waals surface area contributed by atoms with Crippen molar-refractivity contribution in [1.82, 2.24) is 10.6 Å². The third-order valence-electron chi connectivity index (χ3n) is 6.96. The van der Waals surface area contributed by atoms with Gasteiger partial charge in [0.25, 0.3) is 0 Å². The largest absolute Gasteiger partial charge is 0.416 e. The number of carbonyl (C=O) groups excluding carboxylic acids is 1. The third-order valence-corrected chi connectivity index (χ3v) is 6.96. The number of amides is 1. The minimum absolute atomic E-state index is 0.0698. The highest BCUT2D eigenvalue weighted by atomic mass is 19.4. The van der Waals surface area contributed by atoms with Crippen molar-refractivity contribution in [2.45, 2.75) is 62.1 Å². The summed E-state index contributed by atoms with van der Waals surface area (Å²) < 4.78 is 87.7. The van der Waals surface area contributed by atoms with Gasteiger partial charge < -0.3 is 15.4 Å². The summed E-state index contributed by atoms with van der Waals surface area (Å²) in [5.41, 5.74) is -3.91. The second kappa shape index (κ2) is 9.13. The third kappa shape index (κ3) is 5.04. The van der Waals surface area contributed by atoms with Crippen LogP contribution in [0.15, 0.2) is 48.5 Å². The summed E-state index contributed by atoms with van der Waals surface area (Å²) in [6, 6.07) is 10.5. The molecule has 2 heterocycles. The zero-order valence-corrected chi connectivity index (χ0v) is 19.0. The second-order valence-electron chi connectivity index (χ2n) is 9.19. The van der Waals surface area contributed by atoms with E-state index in [0.717, 1.165) is 12.1 Å².